The Kier molecular flexibility index (Phi) is 3.53. The molecule has 0 fully saturated rings. The normalized spacial score (nSPS) is 11.0. The van der Waals surface area contributed by atoms with Crippen molar-refractivity contribution in [2.45, 2.75) is 0 Å². The molecule has 7 nitrogen and oxygen atoms in total. The molecule has 4 rings (SSSR count). The number of nitrogens with zero attached hydrogens (tertiary/aromatic N) is 3. The summed E-state index contributed by atoms with van der Waals surface area (Å²) in [6.07, 6.45) is 3.42. The predicted molar refractivity (Wildman–Crippen MR) is 94.6 cm³/mol. The molecular weight excluding hydrogens is 318 g/mol. The zero-order chi connectivity index (χ0) is 17.4. The van der Waals surface area contributed by atoms with Crippen LogP contribution in [0.2, 0.25) is 0 Å². The maximum atomic E-state index is 11.6. The monoisotopic (exact) mass is 333 g/mol. The van der Waals surface area contributed by atoms with Crippen LogP contribution in [0, 0.1) is 0 Å². The summed E-state index contributed by atoms with van der Waals surface area (Å²) in [5, 5.41) is 4.53. The van der Waals surface area contributed by atoms with Gasteiger partial charge in [0.1, 0.15) is 11.3 Å². The minimum absolute atomic E-state index is 0.216. The molecule has 4 aromatic rings. The van der Waals surface area contributed by atoms with Gasteiger partial charge < -0.3 is 15.0 Å². The van der Waals surface area contributed by atoms with Gasteiger partial charge in [0.25, 0.3) is 5.91 Å². The highest BCUT2D eigenvalue weighted by Crippen LogP contribution is 2.28. The molecule has 0 spiro atoms. The van der Waals surface area contributed by atoms with Gasteiger partial charge in [0, 0.05) is 41.8 Å². The molecule has 0 aliphatic carbocycles. The van der Waals surface area contributed by atoms with Crippen molar-refractivity contribution in [3.8, 4) is 17.1 Å². The van der Waals surface area contributed by atoms with E-state index in [-0.39, 0.29) is 5.91 Å². The number of pyridine rings is 3. The minimum atomic E-state index is -0.216. The summed E-state index contributed by atoms with van der Waals surface area (Å²) >= 11 is 0. The van der Waals surface area contributed by atoms with Crippen molar-refractivity contribution in [2.75, 3.05) is 14.2 Å². The van der Waals surface area contributed by atoms with E-state index in [1.807, 2.05) is 24.3 Å². The molecule has 4 aromatic heterocycles. The topological polar surface area (TPSA) is 92.8 Å². The highest BCUT2D eigenvalue weighted by molar-refractivity contribution is 6.06. The van der Waals surface area contributed by atoms with Crippen molar-refractivity contribution < 1.29 is 9.53 Å². The quantitative estimate of drug-likeness (QED) is 0.601. The van der Waals surface area contributed by atoms with E-state index in [2.05, 4.69) is 25.3 Å². The third-order valence-corrected chi connectivity index (χ3v) is 4.05. The average Bonchev–Trinajstić information content (AvgIpc) is 3.04. The standard InChI is InChI=1S/C18H15N5O2/c1-19-18(24)14-5-3-10(8-20-14)13-6-4-11-12-9-21-16(25-2)7-15(12)23-17(11)22-13/h3-9H,1-2H3,(H,19,24)(H,22,23). The molecule has 2 N–H and O–H groups in total. The highest BCUT2D eigenvalue weighted by atomic mass is 16.5. The number of ether oxygens (including phenoxy) is 1. The lowest BCUT2D eigenvalue weighted by atomic mass is 10.1. The largest absolute Gasteiger partial charge is 0.481 e. The second kappa shape index (κ2) is 5.86. The number of rotatable bonds is 3. The molecule has 0 aromatic carbocycles. The molecule has 0 saturated carbocycles. The molecule has 0 atom stereocenters. The van der Waals surface area contributed by atoms with E-state index in [1.165, 1.54) is 0 Å². The van der Waals surface area contributed by atoms with Crippen LogP contribution in [0.25, 0.3) is 33.2 Å². The zero-order valence-corrected chi connectivity index (χ0v) is 13.7. The number of nitrogens with one attached hydrogen (secondary N) is 2. The van der Waals surface area contributed by atoms with Gasteiger partial charge in [0.05, 0.1) is 18.3 Å². The first-order valence-electron chi connectivity index (χ1n) is 7.70. The van der Waals surface area contributed by atoms with Gasteiger partial charge in [-0.05, 0) is 24.3 Å². The third kappa shape index (κ3) is 2.55. The number of fused-ring (bicyclic) bond motifs is 3. The second-order valence-corrected chi connectivity index (χ2v) is 5.50. The SMILES string of the molecule is CNC(=O)c1ccc(-c2ccc3c(n2)[nH]c2cc(OC)ncc23)cn1. The van der Waals surface area contributed by atoms with Crippen LogP contribution in [0.15, 0.2) is 42.7 Å². The van der Waals surface area contributed by atoms with Crippen molar-refractivity contribution in [1.82, 2.24) is 25.3 Å². The van der Waals surface area contributed by atoms with Gasteiger partial charge in [-0.15, -0.1) is 0 Å². The van der Waals surface area contributed by atoms with Crippen molar-refractivity contribution in [3.63, 3.8) is 0 Å². The van der Waals surface area contributed by atoms with Crippen LogP contribution in [0.1, 0.15) is 10.5 Å². The molecule has 1 amide bonds. The molecule has 7 heteroatoms. The molecule has 4 heterocycles. The van der Waals surface area contributed by atoms with Crippen LogP contribution < -0.4 is 10.1 Å². The third-order valence-electron chi connectivity index (χ3n) is 4.05. The molecule has 0 aliphatic rings. The smallest absolute Gasteiger partial charge is 0.269 e. The fraction of sp³-hybridized carbons (Fsp3) is 0.111. The number of hydrogen-bond donors (Lipinski definition) is 2. The van der Waals surface area contributed by atoms with Crippen molar-refractivity contribution in [2.24, 2.45) is 0 Å². The lowest BCUT2D eigenvalue weighted by Crippen LogP contribution is -2.18. The number of H-pyrrole nitrogens is 1. The van der Waals surface area contributed by atoms with E-state index < -0.39 is 0 Å². The fourth-order valence-electron chi connectivity index (χ4n) is 2.73. The lowest BCUT2D eigenvalue weighted by Gasteiger charge is -2.03. The summed E-state index contributed by atoms with van der Waals surface area (Å²) in [4.78, 5) is 28.0. The fourth-order valence-corrected chi connectivity index (χ4v) is 2.73. The van der Waals surface area contributed by atoms with Crippen LogP contribution in [0.3, 0.4) is 0 Å². The summed E-state index contributed by atoms with van der Waals surface area (Å²) in [5.74, 6) is 0.334. The Morgan fingerprint density at radius 2 is 2.00 bits per heavy atom. The van der Waals surface area contributed by atoms with Gasteiger partial charge in [-0.25, -0.2) is 9.97 Å². The number of amides is 1. The summed E-state index contributed by atoms with van der Waals surface area (Å²) in [6.45, 7) is 0. The van der Waals surface area contributed by atoms with Crippen LogP contribution in [0.5, 0.6) is 5.88 Å². The van der Waals surface area contributed by atoms with E-state index in [4.69, 9.17) is 4.74 Å². The Bertz CT molecular complexity index is 1090. The number of aromatic amines is 1. The van der Waals surface area contributed by atoms with E-state index >= 15 is 0 Å². The Morgan fingerprint density at radius 3 is 2.72 bits per heavy atom. The first kappa shape index (κ1) is 15.1. The van der Waals surface area contributed by atoms with Crippen LogP contribution >= 0.6 is 0 Å². The summed E-state index contributed by atoms with van der Waals surface area (Å²) < 4.78 is 5.16. The average molecular weight is 333 g/mol. The number of methoxy groups -OCH3 is 1. The Morgan fingerprint density at radius 1 is 1.12 bits per heavy atom. The molecular formula is C18H15N5O2. The first-order chi connectivity index (χ1) is 12.2. The van der Waals surface area contributed by atoms with Crippen LogP contribution in [-0.4, -0.2) is 40.0 Å². The lowest BCUT2D eigenvalue weighted by molar-refractivity contribution is 0.0958. The van der Waals surface area contributed by atoms with Crippen molar-refractivity contribution in [1.29, 1.82) is 0 Å². The Hall–Kier alpha value is -3.48. The van der Waals surface area contributed by atoms with Gasteiger partial charge in [-0.1, -0.05) is 0 Å². The number of aromatic nitrogens is 4. The van der Waals surface area contributed by atoms with Gasteiger partial charge in [0.15, 0.2) is 0 Å². The van der Waals surface area contributed by atoms with E-state index in [1.54, 1.807) is 32.6 Å². The number of hydrogen-bond acceptors (Lipinski definition) is 5. The zero-order valence-electron chi connectivity index (χ0n) is 13.7. The molecule has 0 bridgehead atoms. The summed E-state index contributed by atoms with van der Waals surface area (Å²) in [7, 11) is 3.16. The van der Waals surface area contributed by atoms with Gasteiger partial charge in [-0.2, -0.15) is 0 Å². The second-order valence-electron chi connectivity index (χ2n) is 5.50. The maximum Gasteiger partial charge on any atom is 0.269 e. The Balaban J connectivity index is 1.78. The Labute approximate surface area is 143 Å². The van der Waals surface area contributed by atoms with E-state index in [9.17, 15) is 4.79 Å². The number of carbonyl (C=O) groups excluding carboxylic acids is 1. The summed E-state index contributed by atoms with van der Waals surface area (Å²) in [6, 6.07) is 9.28. The van der Waals surface area contributed by atoms with Crippen molar-refractivity contribution in [3.05, 3.63) is 48.4 Å². The molecule has 0 saturated heterocycles. The van der Waals surface area contributed by atoms with Gasteiger partial charge in [-0.3, -0.25) is 9.78 Å². The summed E-state index contributed by atoms with van der Waals surface area (Å²) in [5.41, 5.74) is 3.66. The van der Waals surface area contributed by atoms with Crippen molar-refractivity contribution >= 4 is 27.8 Å². The van der Waals surface area contributed by atoms with Gasteiger partial charge >= 0.3 is 0 Å². The van der Waals surface area contributed by atoms with E-state index in [0.717, 1.165) is 33.2 Å². The number of carbonyl (C=O) groups is 1. The van der Waals surface area contributed by atoms with E-state index in [0.29, 0.717) is 11.6 Å². The molecule has 0 aliphatic heterocycles. The molecule has 124 valence electrons. The molecule has 0 unspecified atom stereocenters. The van der Waals surface area contributed by atoms with Gasteiger partial charge in [0.2, 0.25) is 5.88 Å². The van der Waals surface area contributed by atoms with Crippen LogP contribution in [-0.2, 0) is 0 Å². The highest BCUT2D eigenvalue weighted by Gasteiger charge is 2.10. The minimum Gasteiger partial charge on any atom is -0.481 e. The first-order valence-corrected chi connectivity index (χ1v) is 7.70. The van der Waals surface area contributed by atoms with Crippen LogP contribution in [0.4, 0.5) is 0 Å². The molecule has 0 radical (unpaired) electrons. The predicted octanol–water partition coefficient (Wildman–Crippen LogP) is 2.54. The molecule has 25 heavy (non-hydrogen) atoms. The maximum absolute atomic E-state index is 11.6.